The minimum Gasteiger partial charge on any atom is -0.427 e. The number of fused-ring (bicyclic) bond motifs is 5. The van der Waals surface area contributed by atoms with Gasteiger partial charge in [-0.3, -0.25) is 14.4 Å². The lowest BCUT2D eigenvalue weighted by atomic mass is 9.55. The summed E-state index contributed by atoms with van der Waals surface area (Å²) < 4.78 is 5.13. The van der Waals surface area contributed by atoms with E-state index in [-0.39, 0.29) is 23.1 Å². The summed E-state index contributed by atoms with van der Waals surface area (Å²) in [6, 6.07) is 5.44. The summed E-state index contributed by atoms with van der Waals surface area (Å²) in [5, 5.41) is 0. The first-order chi connectivity index (χ1) is 11.4. The van der Waals surface area contributed by atoms with Crippen LogP contribution in [0.25, 0.3) is 0 Å². The van der Waals surface area contributed by atoms with Gasteiger partial charge >= 0.3 is 5.97 Å². The Morgan fingerprint density at radius 1 is 1.25 bits per heavy atom. The number of esters is 1. The lowest BCUT2D eigenvalue weighted by Crippen LogP contribution is -2.43. The molecular formula is C20H22O4. The Morgan fingerprint density at radius 2 is 2.04 bits per heavy atom. The van der Waals surface area contributed by atoms with Crippen LogP contribution in [-0.4, -0.2) is 17.5 Å². The Bertz CT molecular complexity index is 750. The van der Waals surface area contributed by atoms with E-state index in [9.17, 15) is 14.4 Å². The minimum atomic E-state index is -0.381. The molecule has 0 heterocycles. The number of hydrogen-bond acceptors (Lipinski definition) is 4. The van der Waals surface area contributed by atoms with E-state index in [0.717, 1.165) is 24.8 Å². The maximum atomic E-state index is 12.7. The number of benzene rings is 1. The highest BCUT2D eigenvalue weighted by Crippen LogP contribution is 2.59. The van der Waals surface area contributed by atoms with Gasteiger partial charge < -0.3 is 4.74 Å². The van der Waals surface area contributed by atoms with Gasteiger partial charge in [0.1, 0.15) is 11.5 Å². The first-order valence-electron chi connectivity index (χ1n) is 8.79. The fraction of sp³-hybridized carbons (Fsp3) is 0.550. The zero-order valence-electron chi connectivity index (χ0n) is 14.1. The Labute approximate surface area is 141 Å². The Hall–Kier alpha value is -1.97. The molecule has 4 heteroatoms. The van der Waals surface area contributed by atoms with Gasteiger partial charge in [0.25, 0.3) is 0 Å². The van der Waals surface area contributed by atoms with Gasteiger partial charge in [0.05, 0.1) is 0 Å². The van der Waals surface area contributed by atoms with E-state index in [4.69, 9.17) is 4.74 Å². The fourth-order valence-electron chi connectivity index (χ4n) is 5.38. The lowest BCUT2D eigenvalue weighted by Gasteiger charge is -2.47. The largest absolute Gasteiger partial charge is 0.427 e. The van der Waals surface area contributed by atoms with Crippen LogP contribution in [-0.2, 0) is 9.59 Å². The van der Waals surface area contributed by atoms with Crippen molar-refractivity contribution in [2.75, 3.05) is 0 Å². The van der Waals surface area contributed by atoms with Gasteiger partial charge in [-0.2, -0.15) is 0 Å². The molecule has 0 saturated heterocycles. The van der Waals surface area contributed by atoms with Crippen molar-refractivity contribution >= 4 is 17.5 Å². The van der Waals surface area contributed by atoms with Gasteiger partial charge in [-0.1, -0.05) is 13.0 Å². The highest BCUT2D eigenvalue weighted by Gasteiger charge is 2.55. The second kappa shape index (κ2) is 5.27. The molecule has 4 nitrogen and oxygen atoms in total. The van der Waals surface area contributed by atoms with Crippen molar-refractivity contribution < 1.29 is 19.1 Å². The molecule has 4 atom stereocenters. The molecule has 4 rings (SSSR count). The molecule has 126 valence electrons. The number of rotatable bonds is 1. The van der Waals surface area contributed by atoms with Gasteiger partial charge in [0, 0.05) is 30.7 Å². The summed E-state index contributed by atoms with van der Waals surface area (Å²) in [5.74, 6) is 1.49. The van der Waals surface area contributed by atoms with E-state index >= 15 is 0 Å². The van der Waals surface area contributed by atoms with Crippen LogP contribution in [0, 0.1) is 17.3 Å². The summed E-state index contributed by atoms with van der Waals surface area (Å²) in [7, 11) is 0. The second-order valence-electron chi connectivity index (χ2n) is 7.76. The van der Waals surface area contributed by atoms with E-state index in [1.54, 1.807) is 12.1 Å². The van der Waals surface area contributed by atoms with Gasteiger partial charge in [-0.05, 0) is 54.7 Å². The number of carbonyl (C=O) groups excluding carboxylic acids is 3. The van der Waals surface area contributed by atoms with E-state index in [1.165, 1.54) is 6.92 Å². The molecule has 0 aliphatic heterocycles. The highest BCUT2D eigenvalue weighted by atomic mass is 16.5. The molecule has 1 aromatic carbocycles. The summed E-state index contributed by atoms with van der Waals surface area (Å²) in [6.07, 6.45) is 3.96. The van der Waals surface area contributed by atoms with Crippen molar-refractivity contribution in [3.8, 4) is 5.75 Å². The van der Waals surface area contributed by atoms with E-state index < -0.39 is 0 Å². The van der Waals surface area contributed by atoms with Crippen LogP contribution in [0.3, 0.4) is 0 Å². The van der Waals surface area contributed by atoms with Crippen LogP contribution >= 0.6 is 0 Å². The number of ether oxygens (including phenoxy) is 1. The monoisotopic (exact) mass is 326 g/mol. The molecule has 3 aliphatic carbocycles. The van der Waals surface area contributed by atoms with Crippen LogP contribution in [0.15, 0.2) is 18.2 Å². The Kier molecular flexibility index (Phi) is 3.41. The third kappa shape index (κ3) is 2.15. The molecule has 0 aromatic heterocycles. The molecule has 2 fully saturated rings. The minimum absolute atomic E-state index is 0.115. The quantitative estimate of drug-likeness (QED) is 0.583. The molecule has 0 spiro atoms. The SMILES string of the molecule is CC(=O)Oc1ccc2c(c1)C(=O)CC1C2CCC2(C)C(=O)CCC12. The molecule has 0 bridgehead atoms. The maximum Gasteiger partial charge on any atom is 0.308 e. The van der Waals surface area contributed by atoms with Crippen LogP contribution in [0.5, 0.6) is 5.75 Å². The summed E-state index contributed by atoms with van der Waals surface area (Å²) in [5.41, 5.74) is 1.55. The first kappa shape index (κ1) is 15.6. The zero-order valence-corrected chi connectivity index (χ0v) is 14.1. The molecule has 24 heavy (non-hydrogen) atoms. The average Bonchev–Trinajstić information content (AvgIpc) is 2.83. The number of Topliss-reactive ketones (excluding diaryl/α,β-unsaturated/α-hetero) is 2. The summed E-state index contributed by atoms with van der Waals surface area (Å²) in [4.78, 5) is 36.2. The van der Waals surface area contributed by atoms with Crippen LogP contribution in [0.4, 0.5) is 0 Å². The third-order valence-corrected chi connectivity index (χ3v) is 6.55. The second-order valence-corrected chi connectivity index (χ2v) is 7.76. The molecule has 2 saturated carbocycles. The Morgan fingerprint density at radius 3 is 2.79 bits per heavy atom. The predicted octanol–water partition coefficient (Wildman–Crippen LogP) is 3.68. The van der Waals surface area contributed by atoms with Gasteiger partial charge in [-0.25, -0.2) is 0 Å². The topological polar surface area (TPSA) is 60.4 Å². The van der Waals surface area contributed by atoms with Gasteiger partial charge in [-0.15, -0.1) is 0 Å². The lowest BCUT2D eigenvalue weighted by molar-refractivity contribution is -0.132. The standard InChI is InChI=1S/C20H22O4/c1-11(21)24-12-3-4-13-14-7-8-20(2)17(5-6-19(20)23)15(14)10-18(22)16(13)9-12/h3-4,9,14-15,17H,5-8,10H2,1-2H3. The number of hydrogen-bond donors (Lipinski definition) is 0. The zero-order chi connectivity index (χ0) is 17.1. The summed E-state index contributed by atoms with van der Waals surface area (Å²) in [6.45, 7) is 3.46. The van der Waals surface area contributed by atoms with E-state index in [2.05, 4.69) is 6.92 Å². The normalized spacial score (nSPS) is 34.3. The van der Waals surface area contributed by atoms with Crippen LogP contribution in [0.1, 0.15) is 67.8 Å². The van der Waals surface area contributed by atoms with E-state index in [0.29, 0.717) is 41.8 Å². The Balaban J connectivity index is 1.71. The third-order valence-electron chi connectivity index (χ3n) is 6.55. The van der Waals surface area contributed by atoms with E-state index in [1.807, 2.05) is 6.07 Å². The smallest absolute Gasteiger partial charge is 0.308 e. The summed E-state index contributed by atoms with van der Waals surface area (Å²) >= 11 is 0. The van der Waals surface area contributed by atoms with Crippen molar-refractivity contribution in [1.82, 2.24) is 0 Å². The fourth-order valence-corrected chi connectivity index (χ4v) is 5.38. The van der Waals surface area contributed by atoms with Gasteiger partial charge in [0.15, 0.2) is 5.78 Å². The number of ketones is 2. The first-order valence-corrected chi connectivity index (χ1v) is 8.79. The van der Waals surface area contributed by atoms with Crippen LogP contribution < -0.4 is 4.74 Å². The van der Waals surface area contributed by atoms with Crippen molar-refractivity contribution in [2.45, 2.75) is 51.9 Å². The van der Waals surface area contributed by atoms with Crippen molar-refractivity contribution in [2.24, 2.45) is 17.3 Å². The molecule has 3 aliphatic rings. The number of carbonyl (C=O) groups is 3. The van der Waals surface area contributed by atoms with Crippen molar-refractivity contribution in [3.05, 3.63) is 29.3 Å². The molecule has 0 amide bonds. The maximum absolute atomic E-state index is 12.7. The highest BCUT2D eigenvalue weighted by molar-refractivity contribution is 6.00. The molecule has 0 N–H and O–H groups in total. The van der Waals surface area contributed by atoms with Crippen LogP contribution in [0.2, 0.25) is 0 Å². The average molecular weight is 326 g/mol. The predicted molar refractivity (Wildman–Crippen MR) is 88.0 cm³/mol. The molecule has 4 unspecified atom stereocenters. The molecule has 0 radical (unpaired) electrons. The van der Waals surface area contributed by atoms with Crippen molar-refractivity contribution in [1.29, 1.82) is 0 Å². The van der Waals surface area contributed by atoms with Crippen molar-refractivity contribution in [3.63, 3.8) is 0 Å². The molecule has 1 aromatic rings. The molecular weight excluding hydrogens is 304 g/mol. The van der Waals surface area contributed by atoms with Gasteiger partial charge in [0.2, 0.25) is 0 Å².